The zero-order valence-electron chi connectivity index (χ0n) is 20.6. The Morgan fingerprint density at radius 1 is 0.971 bits per heavy atom. The largest absolute Gasteiger partial charge is 0.489 e. The average molecular weight is 461 g/mol. The number of benzene rings is 3. The van der Waals surface area contributed by atoms with Crippen LogP contribution in [0.3, 0.4) is 0 Å². The number of carboxylic acid groups (broad SMARTS) is 1. The van der Waals surface area contributed by atoms with Gasteiger partial charge in [-0.15, -0.1) is 0 Å². The number of carboxylic acids is 1. The summed E-state index contributed by atoms with van der Waals surface area (Å²) in [4.78, 5) is 13.6. The van der Waals surface area contributed by atoms with Crippen LogP contribution in [-0.4, -0.2) is 54.3 Å². The highest BCUT2D eigenvalue weighted by Gasteiger charge is 2.12. The Bertz CT molecular complexity index is 1090. The van der Waals surface area contributed by atoms with E-state index in [1.54, 1.807) is 12.1 Å². The molecule has 0 radical (unpaired) electrons. The van der Waals surface area contributed by atoms with Crippen LogP contribution in [0.25, 0.3) is 16.8 Å². The Kier molecular flexibility index (Phi) is 9.25. The number of aromatic carboxylic acids is 1. The molecule has 0 fully saturated rings. The van der Waals surface area contributed by atoms with Gasteiger partial charge in [-0.2, -0.15) is 0 Å². The Hall–Kier alpha value is -3.15. The molecule has 180 valence electrons. The molecule has 0 saturated heterocycles. The van der Waals surface area contributed by atoms with E-state index in [0.29, 0.717) is 25.2 Å². The van der Waals surface area contributed by atoms with Crippen LogP contribution in [0, 0.1) is 0 Å². The predicted octanol–water partition coefficient (Wildman–Crippen LogP) is 5.71. The van der Waals surface area contributed by atoms with Gasteiger partial charge >= 0.3 is 5.97 Å². The number of carbonyl (C=O) groups is 1. The van der Waals surface area contributed by atoms with Crippen molar-refractivity contribution < 1.29 is 14.6 Å². The van der Waals surface area contributed by atoms with Crippen molar-refractivity contribution in [3.8, 4) is 5.75 Å². The molecule has 0 amide bonds. The molecular weight excluding hydrogens is 424 g/mol. The van der Waals surface area contributed by atoms with E-state index in [2.05, 4.69) is 62.2 Å². The lowest BCUT2D eigenvalue weighted by molar-refractivity contribution is 0.0697. The van der Waals surface area contributed by atoms with Crippen molar-refractivity contribution in [3.63, 3.8) is 0 Å². The number of hydrogen-bond donors (Lipinski definition) is 2. The van der Waals surface area contributed by atoms with Crippen LogP contribution in [0.2, 0.25) is 0 Å². The summed E-state index contributed by atoms with van der Waals surface area (Å²) in [6.07, 6.45) is 2.08. The maximum absolute atomic E-state index is 11.2. The molecule has 0 aromatic heterocycles. The summed E-state index contributed by atoms with van der Waals surface area (Å²) in [6, 6.07) is 22.2. The third-order valence-corrected chi connectivity index (χ3v) is 5.92. The highest BCUT2D eigenvalue weighted by molar-refractivity contribution is 5.88. The van der Waals surface area contributed by atoms with Gasteiger partial charge in [0.25, 0.3) is 0 Å². The first-order chi connectivity index (χ1) is 16.3. The van der Waals surface area contributed by atoms with Gasteiger partial charge in [0.2, 0.25) is 0 Å². The molecule has 0 aliphatic heterocycles. The van der Waals surface area contributed by atoms with E-state index in [1.807, 2.05) is 36.4 Å². The second-order valence-electron chi connectivity index (χ2n) is 9.10. The monoisotopic (exact) mass is 460 g/mol. The van der Waals surface area contributed by atoms with Gasteiger partial charge in [0, 0.05) is 37.1 Å². The number of hydrogen-bond acceptors (Lipinski definition) is 4. The van der Waals surface area contributed by atoms with E-state index in [4.69, 9.17) is 4.74 Å². The van der Waals surface area contributed by atoms with Gasteiger partial charge in [-0.05, 0) is 62.4 Å². The lowest BCUT2D eigenvalue weighted by Crippen LogP contribution is -2.41. The highest BCUT2D eigenvalue weighted by Crippen LogP contribution is 2.25. The van der Waals surface area contributed by atoms with Gasteiger partial charge in [-0.25, -0.2) is 4.79 Å². The van der Waals surface area contributed by atoms with Crippen molar-refractivity contribution in [3.05, 3.63) is 83.4 Å². The Labute approximate surface area is 203 Å². The number of fused-ring (bicyclic) bond motifs is 1. The predicted molar refractivity (Wildman–Crippen MR) is 141 cm³/mol. The van der Waals surface area contributed by atoms with Crippen LogP contribution >= 0.6 is 0 Å². The summed E-state index contributed by atoms with van der Waals surface area (Å²) < 4.78 is 6.26. The Balaban J connectivity index is 1.72. The first-order valence-electron chi connectivity index (χ1n) is 11.9. The second-order valence-corrected chi connectivity index (χ2v) is 9.10. The van der Waals surface area contributed by atoms with Crippen LogP contribution in [0.4, 0.5) is 0 Å². The molecule has 5 nitrogen and oxygen atoms in total. The minimum Gasteiger partial charge on any atom is -0.489 e. The summed E-state index contributed by atoms with van der Waals surface area (Å²) in [5, 5.41) is 15.0. The number of nitrogens with zero attached hydrogens (tertiary/aromatic N) is 1. The van der Waals surface area contributed by atoms with Crippen molar-refractivity contribution >= 4 is 22.8 Å². The third-order valence-electron chi connectivity index (χ3n) is 5.92. The summed E-state index contributed by atoms with van der Waals surface area (Å²) in [5.41, 5.74) is 2.33. The minimum absolute atomic E-state index is 0.284. The molecule has 34 heavy (non-hydrogen) atoms. The van der Waals surface area contributed by atoms with Crippen molar-refractivity contribution in [1.29, 1.82) is 0 Å². The Morgan fingerprint density at radius 2 is 1.65 bits per heavy atom. The third kappa shape index (κ3) is 7.17. The Morgan fingerprint density at radius 3 is 2.32 bits per heavy atom. The van der Waals surface area contributed by atoms with Crippen LogP contribution in [0.5, 0.6) is 5.75 Å². The van der Waals surface area contributed by atoms with Crippen molar-refractivity contribution in [2.75, 3.05) is 26.2 Å². The maximum Gasteiger partial charge on any atom is 0.335 e. The normalized spacial score (nSPS) is 12.1. The minimum atomic E-state index is -0.920. The molecule has 0 atom stereocenters. The lowest BCUT2D eigenvalue weighted by Gasteiger charge is -2.30. The van der Waals surface area contributed by atoms with Gasteiger partial charge < -0.3 is 15.2 Å². The number of rotatable bonds is 12. The molecule has 3 aromatic rings. The van der Waals surface area contributed by atoms with Crippen LogP contribution in [0.1, 0.15) is 43.6 Å². The molecule has 0 aliphatic carbocycles. The summed E-state index contributed by atoms with van der Waals surface area (Å²) in [5.74, 6) is -0.0624. The van der Waals surface area contributed by atoms with Crippen LogP contribution in [0.15, 0.2) is 72.3 Å². The molecule has 5 heteroatoms. The van der Waals surface area contributed by atoms with Gasteiger partial charge in [0.05, 0.1) is 5.56 Å². The second kappa shape index (κ2) is 12.4. The number of nitrogens with one attached hydrogen (secondary N) is 1. The van der Waals surface area contributed by atoms with E-state index < -0.39 is 5.97 Å². The fourth-order valence-electron chi connectivity index (χ4n) is 4.16. The highest BCUT2D eigenvalue weighted by atomic mass is 16.5. The van der Waals surface area contributed by atoms with Gasteiger partial charge in [-0.1, -0.05) is 54.6 Å². The fourth-order valence-corrected chi connectivity index (χ4v) is 4.16. The van der Waals surface area contributed by atoms with Crippen molar-refractivity contribution in [2.24, 2.45) is 0 Å². The molecule has 0 unspecified atom stereocenters. The first kappa shape index (κ1) is 25.5. The van der Waals surface area contributed by atoms with E-state index in [9.17, 15) is 9.90 Å². The molecule has 2 N–H and O–H groups in total. The SMILES string of the molecule is CC(C)N(CCNCC(=Cc1ccc(C(=O)O)cc1)COc1cccc2ccccc12)C(C)C. The maximum atomic E-state index is 11.2. The van der Waals surface area contributed by atoms with Gasteiger partial charge in [0.1, 0.15) is 12.4 Å². The fraction of sp³-hybridized carbons (Fsp3) is 0.345. The molecule has 0 bridgehead atoms. The quantitative estimate of drug-likeness (QED) is 0.339. The summed E-state index contributed by atoms with van der Waals surface area (Å²) >= 11 is 0. The van der Waals surface area contributed by atoms with E-state index in [-0.39, 0.29) is 5.56 Å². The van der Waals surface area contributed by atoms with E-state index >= 15 is 0 Å². The van der Waals surface area contributed by atoms with E-state index in [1.165, 1.54) is 0 Å². The molecule has 0 saturated carbocycles. The average Bonchev–Trinajstić information content (AvgIpc) is 2.82. The van der Waals surface area contributed by atoms with Gasteiger partial charge in [0.15, 0.2) is 0 Å². The number of ether oxygens (including phenoxy) is 1. The van der Waals surface area contributed by atoms with Crippen LogP contribution < -0.4 is 10.1 Å². The lowest BCUT2D eigenvalue weighted by atomic mass is 10.1. The standard InChI is InChI=1S/C29H36N2O3/c1-21(2)31(22(3)4)17-16-30-19-24(18-23-12-14-26(15-13-23)29(32)33)20-34-28-11-7-9-25-8-5-6-10-27(25)28/h5-15,18,21-22,30H,16-17,19-20H2,1-4H3,(H,32,33). The summed E-state index contributed by atoms with van der Waals surface area (Å²) in [6.45, 7) is 11.9. The molecule has 0 heterocycles. The smallest absolute Gasteiger partial charge is 0.335 e. The molecule has 3 rings (SSSR count). The zero-order valence-corrected chi connectivity index (χ0v) is 20.6. The molecule has 0 spiro atoms. The molecule has 0 aliphatic rings. The van der Waals surface area contributed by atoms with Crippen molar-refractivity contribution in [2.45, 2.75) is 39.8 Å². The van der Waals surface area contributed by atoms with Crippen molar-refractivity contribution in [1.82, 2.24) is 10.2 Å². The molecular formula is C29H36N2O3. The topological polar surface area (TPSA) is 61.8 Å². The zero-order chi connectivity index (χ0) is 24.5. The van der Waals surface area contributed by atoms with Crippen LogP contribution in [-0.2, 0) is 0 Å². The molecule has 3 aromatic carbocycles. The van der Waals surface area contributed by atoms with E-state index in [0.717, 1.165) is 40.7 Å². The van der Waals surface area contributed by atoms with Gasteiger partial charge in [-0.3, -0.25) is 4.90 Å². The summed E-state index contributed by atoms with van der Waals surface area (Å²) in [7, 11) is 0. The first-order valence-corrected chi connectivity index (χ1v) is 11.9.